The second kappa shape index (κ2) is 6.20. The number of halogens is 1. The van der Waals surface area contributed by atoms with Gasteiger partial charge in [-0.1, -0.05) is 11.6 Å². The smallest absolute Gasteiger partial charge is 0.251 e. The first-order valence-electron chi connectivity index (χ1n) is 5.39. The Morgan fingerprint density at radius 3 is 2.67 bits per heavy atom. The molecule has 1 aromatic rings. The molecule has 6 nitrogen and oxygen atoms in total. The van der Waals surface area contributed by atoms with E-state index in [1.165, 1.54) is 12.1 Å². The van der Waals surface area contributed by atoms with E-state index < -0.39 is 5.91 Å². The Hall–Kier alpha value is -1.82. The van der Waals surface area contributed by atoms with E-state index in [-0.39, 0.29) is 35.0 Å². The van der Waals surface area contributed by atoms with Gasteiger partial charge in [0, 0.05) is 11.6 Å². The lowest BCUT2D eigenvalue weighted by Gasteiger charge is -2.09. The number of nitrogens with zero attached hydrogens (tertiary/aromatic N) is 1. The second-order valence-corrected chi connectivity index (χ2v) is 4.40. The van der Waals surface area contributed by atoms with Crippen LogP contribution in [0.15, 0.2) is 12.1 Å². The van der Waals surface area contributed by atoms with E-state index in [1.54, 1.807) is 0 Å². The molecule has 1 aromatic heterocycles. The number of nitrogen functional groups attached to an aromatic ring is 1. The van der Waals surface area contributed by atoms with Crippen molar-refractivity contribution in [2.45, 2.75) is 19.9 Å². The molecule has 2 amide bonds. The number of hydrogen-bond acceptors (Lipinski definition) is 4. The van der Waals surface area contributed by atoms with Crippen molar-refractivity contribution in [3.05, 3.63) is 22.8 Å². The summed E-state index contributed by atoms with van der Waals surface area (Å²) in [5, 5.41) is 5.25. The van der Waals surface area contributed by atoms with Crippen LogP contribution in [0.25, 0.3) is 0 Å². The molecule has 0 radical (unpaired) electrons. The highest BCUT2D eigenvalue weighted by Crippen LogP contribution is 2.11. The third kappa shape index (κ3) is 4.58. The fraction of sp³-hybridized carbons (Fsp3) is 0.364. The van der Waals surface area contributed by atoms with Gasteiger partial charge >= 0.3 is 0 Å². The van der Waals surface area contributed by atoms with Gasteiger partial charge in [-0.15, -0.1) is 0 Å². The predicted octanol–water partition coefficient (Wildman–Crippen LogP) is 0.572. The summed E-state index contributed by atoms with van der Waals surface area (Å²) in [6.45, 7) is 3.57. The Bertz CT molecular complexity index is 442. The van der Waals surface area contributed by atoms with Crippen molar-refractivity contribution < 1.29 is 9.59 Å². The van der Waals surface area contributed by atoms with Gasteiger partial charge in [-0.25, -0.2) is 4.98 Å². The number of rotatable bonds is 4. The van der Waals surface area contributed by atoms with Crippen LogP contribution in [0.3, 0.4) is 0 Å². The fourth-order valence-corrected chi connectivity index (χ4v) is 1.50. The van der Waals surface area contributed by atoms with Crippen molar-refractivity contribution in [3.63, 3.8) is 0 Å². The Morgan fingerprint density at radius 1 is 1.44 bits per heavy atom. The van der Waals surface area contributed by atoms with Crippen LogP contribution < -0.4 is 16.4 Å². The normalized spacial score (nSPS) is 10.2. The van der Waals surface area contributed by atoms with Gasteiger partial charge in [0.1, 0.15) is 11.0 Å². The van der Waals surface area contributed by atoms with Gasteiger partial charge < -0.3 is 16.4 Å². The molecule has 0 spiro atoms. The van der Waals surface area contributed by atoms with Crippen molar-refractivity contribution in [2.24, 2.45) is 0 Å². The standard InChI is InChI=1S/C11H15ClN4O2/c1-6(2)15-10(17)5-14-11(18)7-3-8(12)16-9(13)4-7/h3-4,6H,5H2,1-2H3,(H2,13,16)(H,14,18)(H,15,17). The van der Waals surface area contributed by atoms with Gasteiger partial charge in [0.05, 0.1) is 6.54 Å². The molecule has 0 aromatic carbocycles. The van der Waals surface area contributed by atoms with Gasteiger partial charge in [0.25, 0.3) is 5.91 Å². The summed E-state index contributed by atoms with van der Waals surface area (Å²) in [4.78, 5) is 26.8. The highest BCUT2D eigenvalue weighted by molar-refractivity contribution is 6.29. The highest BCUT2D eigenvalue weighted by atomic mass is 35.5. The summed E-state index contributed by atoms with van der Waals surface area (Å²) in [6.07, 6.45) is 0. The summed E-state index contributed by atoms with van der Waals surface area (Å²) in [5.41, 5.74) is 5.73. The average molecular weight is 271 g/mol. The van der Waals surface area contributed by atoms with Gasteiger partial charge in [-0.3, -0.25) is 9.59 Å². The number of nitrogens with one attached hydrogen (secondary N) is 2. The molecule has 1 heterocycles. The van der Waals surface area contributed by atoms with Crippen molar-refractivity contribution in [1.82, 2.24) is 15.6 Å². The number of carbonyl (C=O) groups excluding carboxylic acids is 2. The van der Waals surface area contributed by atoms with Gasteiger partial charge in [-0.2, -0.15) is 0 Å². The van der Waals surface area contributed by atoms with E-state index in [1.807, 2.05) is 13.8 Å². The minimum Gasteiger partial charge on any atom is -0.384 e. The van der Waals surface area contributed by atoms with E-state index in [9.17, 15) is 9.59 Å². The van der Waals surface area contributed by atoms with Gasteiger partial charge in [0.2, 0.25) is 5.91 Å². The Morgan fingerprint density at radius 2 is 2.11 bits per heavy atom. The van der Waals surface area contributed by atoms with Crippen LogP contribution in [-0.2, 0) is 4.79 Å². The van der Waals surface area contributed by atoms with E-state index in [0.717, 1.165) is 0 Å². The monoisotopic (exact) mass is 270 g/mol. The molecular formula is C11H15ClN4O2. The topological polar surface area (TPSA) is 97.1 Å². The van der Waals surface area contributed by atoms with E-state index >= 15 is 0 Å². The van der Waals surface area contributed by atoms with E-state index in [0.29, 0.717) is 0 Å². The fourth-order valence-electron chi connectivity index (χ4n) is 1.28. The molecule has 0 aliphatic carbocycles. The molecule has 0 aliphatic rings. The number of aromatic nitrogens is 1. The van der Waals surface area contributed by atoms with E-state index in [4.69, 9.17) is 17.3 Å². The van der Waals surface area contributed by atoms with Crippen LogP contribution in [0.4, 0.5) is 5.82 Å². The van der Waals surface area contributed by atoms with Crippen molar-refractivity contribution in [3.8, 4) is 0 Å². The Labute approximate surface area is 110 Å². The largest absolute Gasteiger partial charge is 0.384 e. The zero-order chi connectivity index (χ0) is 13.7. The van der Waals surface area contributed by atoms with Crippen molar-refractivity contribution >= 4 is 29.2 Å². The number of anilines is 1. The molecule has 0 aliphatic heterocycles. The number of nitrogens with two attached hydrogens (primary N) is 1. The molecule has 0 unspecified atom stereocenters. The molecule has 7 heteroatoms. The summed E-state index contributed by atoms with van der Waals surface area (Å²) in [6, 6.07) is 2.80. The summed E-state index contributed by atoms with van der Waals surface area (Å²) in [5.74, 6) is -0.532. The Kier molecular flexibility index (Phi) is 4.91. The quantitative estimate of drug-likeness (QED) is 0.697. The molecule has 0 fully saturated rings. The first-order chi connectivity index (χ1) is 8.38. The van der Waals surface area contributed by atoms with Gasteiger partial charge in [-0.05, 0) is 26.0 Å². The minimum absolute atomic E-state index is 0.0282. The average Bonchev–Trinajstić information content (AvgIpc) is 2.23. The first-order valence-corrected chi connectivity index (χ1v) is 5.77. The number of pyridine rings is 1. The molecule has 0 bridgehead atoms. The molecule has 0 atom stereocenters. The maximum Gasteiger partial charge on any atom is 0.251 e. The lowest BCUT2D eigenvalue weighted by atomic mass is 10.2. The lowest BCUT2D eigenvalue weighted by Crippen LogP contribution is -2.39. The molecule has 4 N–H and O–H groups in total. The zero-order valence-corrected chi connectivity index (χ0v) is 10.9. The van der Waals surface area contributed by atoms with Crippen LogP contribution in [-0.4, -0.2) is 29.4 Å². The molecular weight excluding hydrogens is 256 g/mol. The first kappa shape index (κ1) is 14.2. The number of amides is 2. The van der Waals surface area contributed by atoms with E-state index in [2.05, 4.69) is 15.6 Å². The molecule has 98 valence electrons. The molecule has 1 rings (SSSR count). The maximum absolute atomic E-state index is 11.7. The predicted molar refractivity (Wildman–Crippen MR) is 69.3 cm³/mol. The van der Waals surface area contributed by atoms with Crippen LogP contribution in [0.5, 0.6) is 0 Å². The molecule has 0 saturated carbocycles. The number of hydrogen-bond donors (Lipinski definition) is 3. The summed E-state index contributed by atoms with van der Waals surface area (Å²) < 4.78 is 0. The molecule has 18 heavy (non-hydrogen) atoms. The van der Waals surface area contributed by atoms with Crippen molar-refractivity contribution in [1.29, 1.82) is 0 Å². The highest BCUT2D eigenvalue weighted by Gasteiger charge is 2.10. The summed E-state index contributed by atoms with van der Waals surface area (Å²) in [7, 11) is 0. The van der Waals surface area contributed by atoms with Crippen molar-refractivity contribution in [2.75, 3.05) is 12.3 Å². The van der Waals surface area contributed by atoms with Crippen LogP contribution in [0.1, 0.15) is 24.2 Å². The number of carbonyl (C=O) groups is 2. The Balaban J connectivity index is 2.58. The van der Waals surface area contributed by atoms with Crippen LogP contribution in [0, 0.1) is 0 Å². The third-order valence-corrected chi connectivity index (χ3v) is 2.13. The molecule has 0 saturated heterocycles. The maximum atomic E-state index is 11.7. The summed E-state index contributed by atoms with van der Waals surface area (Å²) >= 11 is 5.68. The lowest BCUT2D eigenvalue weighted by molar-refractivity contribution is -0.120. The van der Waals surface area contributed by atoms with Gasteiger partial charge in [0.15, 0.2) is 0 Å². The van der Waals surface area contributed by atoms with Crippen LogP contribution in [0.2, 0.25) is 5.15 Å². The SMILES string of the molecule is CC(C)NC(=O)CNC(=O)c1cc(N)nc(Cl)c1. The second-order valence-electron chi connectivity index (χ2n) is 4.01. The minimum atomic E-state index is -0.426. The zero-order valence-electron chi connectivity index (χ0n) is 10.2. The van der Waals surface area contributed by atoms with Crippen LogP contribution >= 0.6 is 11.6 Å². The third-order valence-electron chi connectivity index (χ3n) is 1.94.